The first-order valence-electron chi connectivity index (χ1n) is 30.5. The summed E-state index contributed by atoms with van der Waals surface area (Å²) < 4.78 is 16.8. The quantitative estimate of drug-likeness (QED) is 0.0261. The van der Waals surface area contributed by atoms with Gasteiger partial charge in [-0.3, -0.25) is 14.4 Å². The summed E-state index contributed by atoms with van der Waals surface area (Å²) in [5.41, 5.74) is 0. The molecule has 6 nitrogen and oxygen atoms in total. The number of ether oxygens (including phenoxy) is 3. The summed E-state index contributed by atoms with van der Waals surface area (Å²) in [6.45, 7) is 6.46. The van der Waals surface area contributed by atoms with E-state index in [1.165, 1.54) is 83.5 Å². The van der Waals surface area contributed by atoms with Crippen molar-refractivity contribution in [3.8, 4) is 0 Å². The van der Waals surface area contributed by atoms with Crippen molar-refractivity contribution in [3.05, 3.63) is 122 Å². The number of unbranched alkanes of at least 4 members (excludes halogenated alkanes) is 23. The number of rotatable bonds is 54. The van der Waals surface area contributed by atoms with Gasteiger partial charge in [-0.1, -0.05) is 258 Å². The van der Waals surface area contributed by atoms with Crippen LogP contribution in [0.2, 0.25) is 0 Å². The molecule has 420 valence electrons. The van der Waals surface area contributed by atoms with Crippen molar-refractivity contribution >= 4 is 17.9 Å². The van der Waals surface area contributed by atoms with Crippen molar-refractivity contribution in [2.75, 3.05) is 13.2 Å². The highest BCUT2D eigenvalue weighted by Crippen LogP contribution is 2.14. The summed E-state index contributed by atoms with van der Waals surface area (Å²) >= 11 is 0. The average Bonchev–Trinajstić information content (AvgIpc) is 3.40. The largest absolute Gasteiger partial charge is 0.462 e. The number of hydrogen-bond donors (Lipinski definition) is 0. The summed E-state index contributed by atoms with van der Waals surface area (Å²) in [7, 11) is 0. The predicted molar refractivity (Wildman–Crippen MR) is 320 cm³/mol. The Bertz CT molecular complexity index is 1550. The molecule has 0 heterocycles. The van der Waals surface area contributed by atoms with Crippen molar-refractivity contribution in [2.45, 2.75) is 277 Å². The molecule has 0 bridgehead atoms. The van der Waals surface area contributed by atoms with Crippen LogP contribution in [0.1, 0.15) is 271 Å². The Labute approximate surface area is 456 Å². The highest BCUT2D eigenvalue weighted by atomic mass is 16.6. The van der Waals surface area contributed by atoms with Crippen molar-refractivity contribution in [2.24, 2.45) is 0 Å². The van der Waals surface area contributed by atoms with Gasteiger partial charge in [-0.05, 0) is 116 Å². The van der Waals surface area contributed by atoms with Crippen molar-refractivity contribution < 1.29 is 28.6 Å². The molecule has 74 heavy (non-hydrogen) atoms. The first-order chi connectivity index (χ1) is 36.5. The summed E-state index contributed by atoms with van der Waals surface area (Å²) in [6.07, 6.45) is 84.9. The third-order valence-electron chi connectivity index (χ3n) is 12.7. The van der Waals surface area contributed by atoms with Gasteiger partial charge in [0.25, 0.3) is 0 Å². The van der Waals surface area contributed by atoms with Crippen molar-refractivity contribution in [1.82, 2.24) is 0 Å². The van der Waals surface area contributed by atoms with Crippen LogP contribution in [0.25, 0.3) is 0 Å². The summed E-state index contributed by atoms with van der Waals surface area (Å²) in [5.74, 6) is -0.919. The average molecular weight is 1030 g/mol. The summed E-state index contributed by atoms with van der Waals surface area (Å²) in [4.78, 5) is 38.1. The number of esters is 3. The van der Waals surface area contributed by atoms with Crippen LogP contribution < -0.4 is 0 Å². The number of carbonyl (C=O) groups is 3. The van der Waals surface area contributed by atoms with Crippen LogP contribution in [0.5, 0.6) is 0 Å². The Morgan fingerprint density at radius 3 is 0.851 bits per heavy atom. The van der Waals surface area contributed by atoms with E-state index in [1.807, 2.05) is 0 Å². The molecule has 0 aromatic rings. The summed E-state index contributed by atoms with van der Waals surface area (Å²) in [6, 6.07) is 0. The van der Waals surface area contributed by atoms with Crippen LogP contribution in [-0.4, -0.2) is 37.2 Å². The molecule has 0 fully saturated rings. The third-order valence-corrected chi connectivity index (χ3v) is 12.7. The Morgan fingerprint density at radius 1 is 0.284 bits per heavy atom. The van der Waals surface area contributed by atoms with Gasteiger partial charge in [-0.2, -0.15) is 0 Å². The van der Waals surface area contributed by atoms with Gasteiger partial charge in [-0.15, -0.1) is 0 Å². The van der Waals surface area contributed by atoms with E-state index in [0.717, 1.165) is 148 Å². The SMILES string of the molecule is CC/C=C\C/C=C\C/C=C\C/C=C\C/C=C\C/C=C\C/C=C\C/C=C\CCCCCCCCC(=O)OCC(COC(=O)CCCCCCCCCCCC)OC(=O)CCCCCCC/C=C\C/C=C\CCCCC. The van der Waals surface area contributed by atoms with Crippen LogP contribution >= 0.6 is 0 Å². The smallest absolute Gasteiger partial charge is 0.306 e. The van der Waals surface area contributed by atoms with Crippen LogP contribution in [0.15, 0.2) is 122 Å². The maximum Gasteiger partial charge on any atom is 0.306 e. The van der Waals surface area contributed by atoms with E-state index < -0.39 is 6.10 Å². The minimum absolute atomic E-state index is 0.0886. The zero-order chi connectivity index (χ0) is 53.6. The molecule has 1 unspecified atom stereocenters. The van der Waals surface area contributed by atoms with Gasteiger partial charge in [0.1, 0.15) is 13.2 Å². The Balaban J connectivity index is 4.28. The lowest BCUT2D eigenvalue weighted by molar-refractivity contribution is -0.167. The first-order valence-corrected chi connectivity index (χ1v) is 30.5. The number of allylic oxidation sites excluding steroid dienone is 20. The van der Waals surface area contributed by atoms with Gasteiger partial charge in [0.05, 0.1) is 0 Å². The highest BCUT2D eigenvalue weighted by Gasteiger charge is 2.19. The second-order valence-corrected chi connectivity index (χ2v) is 19.9. The molecule has 0 amide bonds. The standard InChI is InChI=1S/C68H112O6/c1-4-7-10-13-16-19-22-24-26-27-28-29-30-31-32-33-34-35-36-37-38-39-40-41-43-44-46-49-52-55-58-61-67(70)73-64-65(63-72-66(69)60-57-54-51-48-21-18-15-12-9-6-3)74-68(71)62-59-56-53-50-47-45-42-25-23-20-17-14-11-8-5-2/h7,10,16-17,19-20,24-26,28-29,31-32,34-35,37-38,40-42,65H,4-6,8-9,11-15,18,21-23,27,30,33,36,39,43-64H2,1-3H3/b10-7-,19-16-,20-17-,26-24-,29-28-,32-31-,35-34-,38-37-,41-40-,42-25-. The molecular weight excluding hydrogens is 913 g/mol. The molecule has 0 aromatic heterocycles. The lowest BCUT2D eigenvalue weighted by atomic mass is 10.1. The number of carbonyl (C=O) groups excluding carboxylic acids is 3. The van der Waals surface area contributed by atoms with E-state index in [-0.39, 0.29) is 31.1 Å². The van der Waals surface area contributed by atoms with Gasteiger partial charge in [0.15, 0.2) is 6.10 Å². The van der Waals surface area contributed by atoms with E-state index in [4.69, 9.17) is 14.2 Å². The fourth-order valence-electron chi connectivity index (χ4n) is 8.13. The molecule has 0 radical (unpaired) electrons. The van der Waals surface area contributed by atoms with Crippen LogP contribution in [0.4, 0.5) is 0 Å². The van der Waals surface area contributed by atoms with Crippen LogP contribution in [-0.2, 0) is 28.6 Å². The molecule has 0 aliphatic heterocycles. The van der Waals surface area contributed by atoms with E-state index in [0.29, 0.717) is 19.3 Å². The zero-order valence-corrected chi connectivity index (χ0v) is 48.1. The van der Waals surface area contributed by atoms with Crippen LogP contribution in [0, 0.1) is 0 Å². The fourth-order valence-corrected chi connectivity index (χ4v) is 8.13. The molecule has 0 spiro atoms. The van der Waals surface area contributed by atoms with E-state index in [2.05, 4.69) is 142 Å². The van der Waals surface area contributed by atoms with Crippen molar-refractivity contribution in [3.63, 3.8) is 0 Å². The molecule has 0 N–H and O–H groups in total. The molecule has 1 atom stereocenters. The first kappa shape index (κ1) is 69.8. The molecule has 0 saturated heterocycles. The Kier molecular flexibility index (Phi) is 57.9. The lowest BCUT2D eigenvalue weighted by Crippen LogP contribution is -2.30. The summed E-state index contributed by atoms with van der Waals surface area (Å²) in [5, 5.41) is 0. The predicted octanol–water partition coefficient (Wildman–Crippen LogP) is 20.8. The Morgan fingerprint density at radius 2 is 0.527 bits per heavy atom. The maximum atomic E-state index is 12.8. The van der Waals surface area contributed by atoms with Gasteiger partial charge in [0.2, 0.25) is 0 Å². The minimum Gasteiger partial charge on any atom is -0.462 e. The second-order valence-electron chi connectivity index (χ2n) is 19.9. The molecule has 0 aromatic carbocycles. The zero-order valence-electron chi connectivity index (χ0n) is 48.1. The molecule has 0 aliphatic rings. The van der Waals surface area contributed by atoms with Crippen molar-refractivity contribution in [1.29, 1.82) is 0 Å². The Hall–Kier alpha value is -4.19. The molecular formula is C68H112O6. The van der Waals surface area contributed by atoms with E-state index >= 15 is 0 Å². The van der Waals surface area contributed by atoms with E-state index in [9.17, 15) is 14.4 Å². The molecule has 0 aliphatic carbocycles. The maximum absolute atomic E-state index is 12.8. The lowest BCUT2D eigenvalue weighted by Gasteiger charge is -2.18. The topological polar surface area (TPSA) is 78.9 Å². The van der Waals surface area contributed by atoms with E-state index in [1.54, 1.807) is 0 Å². The molecule has 0 rings (SSSR count). The van der Waals surface area contributed by atoms with Crippen LogP contribution in [0.3, 0.4) is 0 Å². The van der Waals surface area contributed by atoms with Gasteiger partial charge in [0, 0.05) is 19.3 Å². The minimum atomic E-state index is -0.792. The normalized spacial score (nSPS) is 13.0. The third kappa shape index (κ3) is 58.7. The second kappa shape index (κ2) is 61.4. The fraction of sp³-hybridized carbons (Fsp3) is 0.662. The number of hydrogen-bond acceptors (Lipinski definition) is 6. The molecule has 0 saturated carbocycles. The molecule has 6 heteroatoms. The monoisotopic (exact) mass is 1020 g/mol. The highest BCUT2D eigenvalue weighted by molar-refractivity contribution is 5.71. The van der Waals surface area contributed by atoms with Gasteiger partial charge >= 0.3 is 17.9 Å². The van der Waals surface area contributed by atoms with Gasteiger partial charge < -0.3 is 14.2 Å². The van der Waals surface area contributed by atoms with Gasteiger partial charge in [-0.25, -0.2) is 0 Å².